The number of rotatable bonds is 6. The number of aromatic nitrogens is 1. The van der Waals surface area contributed by atoms with Gasteiger partial charge in [-0.2, -0.15) is 0 Å². The van der Waals surface area contributed by atoms with Crippen LogP contribution in [0.1, 0.15) is 22.3 Å². The van der Waals surface area contributed by atoms with Gasteiger partial charge in [-0.1, -0.05) is 23.8 Å². The summed E-state index contributed by atoms with van der Waals surface area (Å²) in [6.07, 6.45) is 3.66. The van der Waals surface area contributed by atoms with Crippen molar-refractivity contribution in [1.29, 1.82) is 0 Å². The van der Waals surface area contributed by atoms with Crippen LogP contribution in [0.5, 0.6) is 5.75 Å². The van der Waals surface area contributed by atoms with Crippen molar-refractivity contribution in [1.82, 2.24) is 10.3 Å². The molecule has 0 aliphatic carbocycles. The van der Waals surface area contributed by atoms with E-state index >= 15 is 0 Å². The van der Waals surface area contributed by atoms with E-state index in [-0.39, 0.29) is 0 Å². The molecule has 0 saturated carbocycles. The molecule has 1 aromatic heterocycles. The van der Waals surface area contributed by atoms with Crippen LogP contribution in [0.25, 0.3) is 0 Å². The van der Waals surface area contributed by atoms with E-state index in [9.17, 15) is 0 Å². The topological polar surface area (TPSA) is 34.1 Å². The van der Waals surface area contributed by atoms with Crippen LogP contribution in [0.2, 0.25) is 0 Å². The molecule has 1 heterocycles. The lowest BCUT2D eigenvalue weighted by molar-refractivity contribution is 0.309. The summed E-state index contributed by atoms with van der Waals surface area (Å²) in [4.78, 5) is 4.09. The minimum absolute atomic E-state index is 0.672. The third kappa shape index (κ3) is 4.07. The number of ether oxygens (including phenoxy) is 1. The van der Waals surface area contributed by atoms with Gasteiger partial charge in [0.1, 0.15) is 12.4 Å². The van der Waals surface area contributed by atoms with Gasteiger partial charge in [0.25, 0.3) is 0 Å². The van der Waals surface area contributed by atoms with Crippen LogP contribution < -0.4 is 10.1 Å². The molecule has 0 amide bonds. The Balaban J connectivity index is 1.76. The Morgan fingerprint density at radius 2 is 1.90 bits per heavy atom. The average Bonchev–Trinajstić information content (AvgIpc) is 2.42. The Morgan fingerprint density at radius 1 is 1.15 bits per heavy atom. The summed E-state index contributed by atoms with van der Waals surface area (Å²) in [5.41, 5.74) is 4.88. The molecule has 0 unspecified atom stereocenters. The van der Waals surface area contributed by atoms with Crippen LogP contribution in [0.15, 0.2) is 36.7 Å². The van der Waals surface area contributed by atoms with Gasteiger partial charge in [0.2, 0.25) is 0 Å². The van der Waals surface area contributed by atoms with Crippen molar-refractivity contribution >= 4 is 0 Å². The van der Waals surface area contributed by atoms with E-state index in [4.69, 9.17) is 4.74 Å². The molecule has 0 saturated heterocycles. The predicted molar refractivity (Wildman–Crippen MR) is 82.1 cm³/mol. The van der Waals surface area contributed by atoms with Crippen LogP contribution in [-0.2, 0) is 6.54 Å². The minimum atomic E-state index is 0.672. The van der Waals surface area contributed by atoms with Crippen LogP contribution in [0, 0.1) is 20.8 Å². The van der Waals surface area contributed by atoms with Gasteiger partial charge in [0.05, 0.1) is 0 Å². The molecular formula is C17H22N2O. The van der Waals surface area contributed by atoms with Gasteiger partial charge in [-0.25, -0.2) is 0 Å². The number of nitrogens with zero attached hydrogens (tertiary/aromatic N) is 1. The summed E-state index contributed by atoms with van der Waals surface area (Å²) in [5, 5.41) is 3.36. The fourth-order valence-corrected chi connectivity index (χ4v) is 2.36. The van der Waals surface area contributed by atoms with Crippen LogP contribution >= 0.6 is 0 Å². The van der Waals surface area contributed by atoms with Crippen molar-refractivity contribution in [2.45, 2.75) is 27.3 Å². The molecule has 0 spiro atoms. The van der Waals surface area contributed by atoms with Crippen LogP contribution in [0.3, 0.4) is 0 Å². The minimum Gasteiger partial charge on any atom is -0.492 e. The van der Waals surface area contributed by atoms with Crippen molar-refractivity contribution < 1.29 is 4.74 Å². The quantitative estimate of drug-likeness (QED) is 0.819. The Bertz CT molecular complexity index is 529. The summed E-state index contributed by atoms with van der Waals surface area (Å²) in [7, 11) is 0. The molecule has 0 aliphatic rings. The Morgan fingerprint density at radius 3 is 2.55 bits per heavy atom. The van der Waals surface area contributed by atoms with Gasteiger partial charge in [-0.05, 0) is 43.5 Å². The van der Waals surface area contributed by atoms with Crippen molar-refractivity contribution in [3.05, 3.63) is 58.9 Å². The van der Waals surface area contributed by atoms with E-state index in [1.807, 2.05) is 12.3 Å². The molecule has 20 heavy (non-hydrogen) atoms. The molecule has 0 bridgehead atoms. The van der Waals surface area contributed by atoms with Crippen molar-refractivity contribution in [3.8, 4) is 5.75 Å². The Labute approximate surface area is 121 Å². The lowest BCUT2D eigenvalue weighted by Crippen LogP contribution is -2.21. The highest BCUT2D eigenvalue weighted by Gasteiger charge is 2.04. The summed E-state index contributed by atoms with van der Waals surface area (Å²) >= 11 is 0. The molecule has 0 atom stereocenters. The van der Waals surface area contributed by atoms with Gasteiger partial charge in [-0.15, -0.1) is 0 Å². The fourth-order valence-electron chi connectivity index (χ4n) is 2.36. The van der Waals surface area contributed by atoms with Gasteiger partial charge < -0.3 is 10.1 Å². The van der Waals surface area contributed by atoms with E-state index < -0.39 is 0 Å². The molecule has 3 heteroatoms. The normalized spacial score (nSPS) is 10.6. The molecule has 1 N–H and O–H groups in total. The van der Waals surface area contributed by atoms with E-state index in [0.29, 0.717) is 6.61 Å². The summed E-state index contributed by atoms with van der Waals surface area (Å²) in [5.74, 6) is 1.01. The van der Waals surface area contributed by atoms with Crippen LogP contribution in [-0.4, -0.2) is 18.1 Å². The second kappa shape index (κ2) is 7.06. The standard InChI is InChI=1S/C17H22N2O/c1-13-9-14(2)17(15(3)10-13)20-8-7-19-12-16-5-4-6-18-11-16/h4-6,9-11,19H,7-8,12H2,1-3H3. The first-order valence-electron chi connectivity index (χ1n) is 6.97. The zero-order valence-electron chi connectivity index (χ0n) is 12.4. The third-order valence-corrected chi connectivity index (χ3v) is 3.18. The lowest BCUT2D eigenvalue weighted by atomic mass is 10.1. The highest BCUT2D eigenvalue weighted by Crippen LogP contribution is 2.24. The summed E-state index contributed by atoms with van der Waals surface area (Å²) < 4.78 is 5.88. The predicted octanol–water partition coefficient (Wildman–Crippen LogP) is 3.18. The molecular weight excluding hydrogens is 248 g/mol. The molecule has 0 radical (unpaired) electrons. The van der Waals surface area contributed by atoms with Crippen molar-refractivity contribution in [2.24, 2.45) is 0 Å². The molecule has 3 nitrogen and oxygen atoms in total. The van der Waals surface area contributed by atoms with E-state index in [1.54, 1.807) is 6.20 Å². The maximum atomic E-state index is 5.88. The van der Waals surface area contributed by atoms with Crippen molar-refractivity contribution in [2.75, 3.05) is 13.2 Å². The summed E-state index contributed by atoms with van der Waals surface area (Å²) in [6.45, 7) is 8.62. The van der Waals surface area contributed by atoms with Crippen LogP contribution in [0.4, 0.5) is 0 Å². The molecule has 1 aromatic carbocycles. The molecule has 2 aromatic rings. The lowest BCUT2D eigenvalue weighted by Gasteiger charge is -2.13. The summed E-state index contributed by atoms with van der Waals surface area (Å²) in [6, 6.07) is 8.33. The molecule has 0 fully saturated rings. The number of nitrogens with one attached hydrogen (secondary N) is 1. The number of aryl methyl sites for hydroxylation is 3. The maximum absolute atomic E-state index is 5.88. The number of hydrogen-bond donors (Lipinski definition) is 1. The number of pyridine rings is 1. The first-order valence-corrected chi connectivity index (χ1v) is 6.97. The SMILES string of the molecule is Cc1cc(C)c(OCCNCc2cccnc2)c(C)c1. The van der Waals surface area contributed by atoms with Gasteiger partial charge >= 0.3 is 0 Å². The average molecular weight is 270 g/mol. The first kappa shape index (κ1) is 14.5. The number of hydrogen-bond acceptors (Lipinski definition) is 3. The van der Waals surface area contributed by atoms with E-state index in [1.165, 1.54) is 22.3 Å². The van der Waals surface area contributed by atoms with Crippen molar-refractivity contribution in [3.63, 3.8) is 0 Å². The molecule has 2 rings (SSSR count). The first-order chi connectivity index (χ1) is 9.66. The molecule has 0 aliphatic heterocycles. The Hall–Kier alpha value is -1.87. The second-order valence-corrected chi connectivity index (χ2v) is 5.11. The smallest absolute Gasteiger partial charge is 0.125 e. The highest BCUT2D eigenvalue weighted by molar-refractivity contribution is 5.42. The zero-order valence-corrected chi connectivity index (χ0v) is 12.4. The van der Waals surface area contributed by atoms with Gasteiger partial charge in [0, 0.05) is 25.5 Å². The highest BCUT2D eigenvalue weighted by atomic mass is 16.5. The zero-order chi connectivity index (χ0) is 14.4. The maximum Gasteiger partial charge on any atom is 0.125 e. The monoisotopic (exact) mass is 270 g/mol. The molecule has 106 valence electrons. The Kier molecular flexibility index (Phi) is 5.13. The third-order valence-electron chi connectivity index (χ3n) is 3.18. The number of benzene rings is 1. The van der Waals surface area contributed by atoms with Gasteiger partial charge in [0.15, 0.2) is 0 Å². The largest absolute Gasteiger partial charge is 0.492 e. The van der Waals surface area contributed by atoms with E-state index in [0.717, 1.165) is 18.8 Å². The van der Waals surface area contributed by atoms with E-state index in [2.05, 4.69) is 49.3 Å². The second-order valence-electron chi connectivity index (χ2n) is 5.11. The fraction of sp³-hybridized carbons (Fsp3) is 0.353. The van der Waals surface area contributed by atoms with Gasteiger partial charge in [-0.3, -0.25) is 4.98 Å².